The summed E-state index contributed by atoms with van der Waals surface area (Å²) in [4.78, 5) is 23.9. The van der Waals surface area contributed by atoms with E-state index in [9.17, 15) is 9.59 Å². The number of hydrogen-bond acceptors (Lipinski definition) is 3. The van der Waals surface area contributed by atoms with E-state index < -0.39 is 0 Å². The number of amides is 1. The van der Waals surface area contributed by atoms with Crippen LogP contribution in [0, 0.1) is 5.92 Å². The van der Waals surface area contributed by atoms with E-state index in [1.165, 1.54) is 24.2 Å². The second-order valence-electron chi connectivity index (χ2n) is 4.23. The lowest BCUT2D eigenvalue weighted by atomic mass is 9.84. The van der Waals surface area contributed by atoms with E-state index in [-0.39, 0.29) is 18.5 Å². The van der Waals surface area contributed by atoms with E-state index >= 15 is 0 Å². The third-order valence-electron chi connectivity index (χ3n) is 3.29. The summed E-state index contributed by atoms with van der Waals surface area (Å²) in [5.74, 6) is 0.175. The van der Waals surface area contributed by atoms with Gasteiger partial charge in [0, 0.05) is 7.05 Å². The standard InChI is InChI=1S/C11H20N2O2/c1-13(11(15)7-12)10(8-14)9-5-3-2-4-6-9/h8-10H,2-7,12H2,1H3/t10-/m1/s1. The molecule has 0 aromatic heterocycles. The molecule has 86 valence electrons. The Labute approximate surface area is 90.8 Å². The molecule has 0 unspecified atom stereocenters. The van der Waals surface area contributed by atoms with E-state index in [1.807, 2.05) is 0 Å². The molecule has 1 aliphatic rings. The number of carbonyl (C=O) groups excluding carboxylic acids is 2. The van der Waals surface area contributed by atoms with Crippen molar-refractivity contribution in [3.8, 4) is 0 Å². The Morgan fingerprint density at radius 3 is 2.53 bits per heavy atom. The Kier molecular flexibility index (Phi) is 4.75. The molecular weight excluding hydrogens is 192 g/mol. The second kappa shape index (κ2) is 5.85. The number of nitrogens with zero attached hydrogens (tertiary/aromatic N) is 1. The van der Waals surface area contributed by atoms with Crippen LogP contribution in [0.15, 0.2) is 0 Å². The molecule has 1 saturated carbocycles. The number of aldehydes is 1. The van der Waals surface area contributed by atoms with Gasteiger partial charge in [-0.15, -0.1) is 0 Å². The van der Waals surface area contributed by atoms with Gasteiger partial charge < -0.3 is 15.4 Å². The van der Waals surface area contributed by atoms with Gasteiger partial charge in [0.1, 0.15) is 6.29 Å². The maximum absolute atomic E-state index is 11.4. The minimum atomic E-state index is -0.277. The monoisotopic (exact) mass is 212 g/mol. The van der Waals surface area contributed by atoms with Crippen molar-refractivity contribution in [1.82, 2.24) is 4.90 Å². The van der Waals surface area contributed by atoms with Crippen molar-refractivity contribution in [1.29, 1.82) is 0 Å². The van der Waals surface area contributed by atoms with Crippen molar-refractivity contribution in [2.24, 2.45) is 11.7 Å². The zero-order valence-electron chi connectivity index (χ0n) is 9.32. The summed E-state index contributed by atoms with van der Waals surface area (Å²) in [6, 6.07) is -0.277. The summed E-state index contributed by atoms with van der Waals surface area (Å²) in [7, 11) is 1.67. The van der Waals surface area contributed by atoms with E-state index in [0.29, 0.717) is 5.92 Å². The molecule has 1 amide bonds. The van der Waals surface area contributed by atoms with Crippen molar-refractivity contribution in [2.75, 3.05) is 13.6 Å². The third kappa shape index (κ3) is 3.02. The summed E-state index contributed by atoms with van der Waals surface area (Å²) in [5.41, 5.74) is 5.29. The van der Waals surface area contributed by atoms with Gasteiger partial charge in [-0.05, 0) is 18.8 Å². The minimum Gasteiger partial charge on any atom is -0.335 e. The first-order valence-electron chi connectivity index (χ1n) is 5.61. The highest BCUT2D eigenvalue weighted by molar-refractivity contribution is 5.81. The second-order valence-corrected chi connectivity index (χ2v) is 4.23. The van der Waals surface area contributed by atoms with Crippen LogP contribution in [0.5, 0.6) is 0 Å². The minimum absolute atomic E-state index is 0.0203. The molecule has 0 bridgehead atoms. The lowest BCUT2D eigenvalue weighted by molar-refractivity contribution is -0.135. The highest BCUT2D eigenvalue weighted by atomic mass is 16.2. The van der Waals surface area contributed by atoms with Crippen molar-refractivity contribution in [3.63, 3.8) is 0 Å². The molecule has 4 heteroatoms. The predicted molar refractivity (Wildman–Crippen MR) is 58.3 cm³/mol. The molecule has 0 heterocycles. The third-order valence-corrected chi connectivity index (χ3v) is 3.29. The van der Waals surface area contributed by atoms with Gasteiger partial charge in [0.05, 0.1) is 12.6 Å². The zero-order chi connectivity index (χ0) is 11.3. The van der Waals surface area contributed by atoms with Gasteiger partial charge in [-0.2, -0.15) is 0 Å². The summed E-state index contributed by atoms with van der Waals surface area (Å²) in [5, 5.41) is 0. The summed E-state index contributed by atoms with van der Waals surface area (Å²) in [6.07, 6.45) is 6.57. The van der Waals surface area contributed by atoms with E-state index in [4.69, 9.17) is 5.73 Å². The normalized spacial score (nSPS) is 19.6. The van der Waals surface area contributed by atoms with Gasteiger partial charge in [0.2, 0.25) is 5.91 Å². The van der Waals surface area contributed by atoms with Crippen LogP contribution >= 0.6 is 0 Å². The Bertz CT molecular complexity index is 225. The van der Waals surface area contributed by atoms with E-state index in [2.05, 4.69) is 0 Å². The number of carbonyl (C=O) groups is 2. The van der Waals surface area contributed by atoms with Crippen molar-refractivity contribution < 1.29 is 9.59 Å². The Balaban J connectivity index is 2.60. The van der Waals surface area contributed by atoms with Crippen LogP contribution in [0.3, 0.4) is 0 Å². The number of hydrogen-bond donors (Lipinski definition) is 1. The van der Waals surface area contributed by atoms with Crippen molar-refractivity contribution in [3.05, 3.63) is 0 Å². The average Bonchev–Trinajstić information content (AvgIpc) is 2.30. The first-order valence-corrected chi connectivity index (χ1v) is 5.61. The molecule has 0 saturated heterocycles. The van der Waals surface area contributed by atoms with Crippen LogP contribution in [-0.2, 0) is 9.59 Å². The summed E-state index contributed by atoms with van der Waals surface area (Å²) in [6.45, 7) is -0.0203. The highest BCUT2D eigenvalue weighted by Gasteiger charge is 2.28. The van der Waals surface area contributed by atoms with Crippen molar-refractivity contribution in [2.45, 2.75) is 38.1 Å². The maximum atomic E-state index is 11.4. The van der Waals surface area contributed by atoms with Gasteiger partial charge in [-0.3, -0.25) is 4.79 Å². The lowest BCUT2D eigenvalue weighted by Crippen LogP contribution is -2.46. The van der Waals surface area contributed by atoms with Crippen LogP contribution in [0.1, 0.15) is 32.1 Å². The summed E-state index contributed by atoms with van der Waals surface area (Å²) >= 11 is 0. The number of rotatable bonds is 4. The number of nitrogens with two attached hydrogens (primary N) is 1. The van der Waals surface area contributed by atoms with E-state index in [0.717, 1.165) is 19.1 Å². The quantitative estimate of drug-likeness (QED) is 0.692. The van der Waals surface area contributed by atoms with Crippen LogP contribution in [0.4, 0.5) is 0 Å². The Morgan fingerprint density at radius 2 is 2.07 bits per heavy atom. The fourth-order valence-corrected chi connectivity index (χ4v) is 2.30. The zero-order valence-corrected chi connectivity index (χ0v) is 9.32. The fraction of sp³-hybridized carbons (Fsp3) is 0.818. The molecule has 0 aliphatic heterocycles. The average molecular weight is 212 g/mol. The predicted octanol–water partition coefficient (Wildman–Crippen LogP) is 0.551. The van der Waals surface area contributed by atoms with Crippen LogP contribution < -0.4 is 5.73 Å². The van der Waals surface area contributed by atoms with E-state index in [1.54, 1.807) is 7.05 Å². The molecule has 1 atom stereocenters. The molecule has 1 aliphatic carbocycles. The molecule has 0 spiro atoms. The molecule has 0 aromatic carbocycles. The topological polar surface area (TPSA) is 63.4 Å². The fourth-order valence-electron chi connectivity index (χ4n) is 2.30. The Hall–Kier alpha value is -0.900. The highest BCUT2D eigenvalue weighted by Crippen LogP contribution is 2.27. The molecule has 1 rings (SSSR count). The van der Waals surface area contributed by atoms with Gasteiger partial charge in [0.15, 0.2) is 0 Å². The molecule has 0 aromatic rings. The molecule has 4 nitrogen and oxygen atoms in total. The summed E-state index contributed by atoms with van der Waals surface area (Å²) < 4.78 is 0. The van der Waals surface area contributed by atoms with Crippen LogP contribution in [0.25, 0.3) is 0 Å². The number of likely N-dealkylation sites (N-methyl/N-ethyl adjacent to an activating group) is 1. The van der Waals surface area contributed by atoms with Crippen LogP contribution in [0.2, 0.25) is 0 Å². The van der Waals surface area contributed by atoms with Gasteiger partial charge in [0.25, 0.3) is 0 Å². The van der Waals surface area contributed by atoms with Crippen LogP contribution in [-0.4, -0.2) is 36.7 Å². The molecule has 15 heavy (non-hydrogen) atoms. The maximum Gasteiger partial charge on any atom is 0.236 e. The first kappa shape index (κ1) is 12.2. The molecular formula is C11H20N2O2. The molecule has 0 radical (unpaired) electrons. The smallest absolute Gasteiger partial charge is 0.236 e. The molecule has 2 N–H and O–H groups in total. The molecule has 1 fully saturated rings. The first-order chi connectivity index (χ1) is 7.20. The Morgan fingerprint density at radius 1 is 1.47 bits per heavy atom. The van der Waals surface area contributed by atoms with Crippen molar-refractivity contribution >= 4 is 12.2 Å². The van der Waals surface area contributed by atoms with Gasteiger partial charge in [-0.25, -0.2) is 0 Å². The van der Waals surface area contributed by atoms with Gasteiger partial charge >= 0.3 is 0 Å². The lowest BCUT2D eigenvalue weighted by Gasteiger charge is -2.32. The van der Waals surface area contributed by atoms with Gasteiger partial charge in [-0.1, -0.05) is 19.3 Å². The largest absolute Gasteiger partial charge is 0.335 e. The SMILES string of the molecule is CN(C(=O)CN)[C@H](C=O)C1CCCCC1.